The van der Waals surface area contributed by atoms with E-state index < -0.39 is 0 Å². The third kappa shape index (κ3) is 4.22. The van der Waals surface area contributed by atoms with E-state index >= 15 is 0 Å². The third-order valence-corrected chi connectivity index (χ3v) is 5.16. The van der Waals surface area contributed by atoms with E-state index in [-0.39, 0.29) is 6.04 Å². The van der Waals surface area contributed by atoms with Crippen LogP contribution in [0.1, 0.15) is 24.1 Å². The van der Waals surface area contributed by atoms with Gasteiger partial charge in [-0.1, -0.05) is 42.5 Å². The number of piperazine rings is 1. The number of rotatable bonds is 5. The van der Waals surface area contributed by atoms with E-state index in [1.807, 2.05) is 18.2 Å². The summed E-state index contributed by atoms with van der Waals surface area (Å²) >= 11 is 0. The molecule has 1 fully saturated rings. The molecule has 0 bridgehead atoms. The van der Waals surface area contributed by atoms with E-state index in [1.165, 1.54) is 16.8 Å². The Morgan fingerprint density at radius 2 is 1.68 bits per heavy atom. The second kappa shape index (κ2) is 8.25. The molecule has 144 valence electrons. The Bertz CT molecular complexity index is 906. The van der Waals surface area contributed by atoms with E-state index in [0.717, 1.165) is 32.0 Å². The molecule has 2 heterocycles. The van der Waals surface area contributed by atoms with Crippen molar-refractivity contribution in [3.8, 4) is 0 Å². The first-order valence-corrected chi connectivity index (χ1v) is 9.77. The Morgan fingerprint density at radius 1 is 0.929 bits per heavy atom. The number of hydrogen-bond donors (Lipinski definition) is 1. The third-order valence-electron chi connectivity index (χ3n) is 5.16. The maximum absolute atomic E-state index is 4.70. The van der Waals surface area contributed by atoms with Crippen molar-refractivity contribution in [2.24, 2.45) is 0 Å². The van der Waals surface area contributed by atoms with Crippen molar-refractivity contribution in [1.29, 1.82) is 0 Å². The monoisotopic (exact) mass is 374 g/mol. The van der Waals surface area contributed by atoms with Crippen molar-refractivity contribution < 1.29 is 0 Å². The summed E-state index contributed by atoms with van der Waals surface area (Å²) in [5.74, 6) is 1.44. The van der Waals surface area contributed by atoms with E-state index in [2.05, 4.69) is 75.6 Å². The molecular formula is C22H26N6. The first-order chi connectivity index (χ1) is 13.7. The molecule has 2 aromatic carbocycles. The first-order valence-electron chi connectivity index (χ1n) is 9.77. The van der Waals surface area contributed by atoms with Gasteiger partial charge in [0.25, 0.3) is 0 Å². The summed E-state index contributed by atoms with van der Waals surface area (Å²) in [5.41, 5.74) is 3.78. The molecule has 1 atom stereocenters. The largest absolute Gasteiger partial charge is 0.368 e. The van der Waals surface area contributed by atoms with Crippen LogP contribution in [0.4, 0.5) is 17.5 Å². The number of nitrogens with zero attached hydrogens (tertiary/aromatic N) is 5. The Morgan fingerprint density at radius 3 is 2.43 bits per heavy atom. The molecule has 0 saturated carbocycles. The van der Waals surface area contributed by atoms with Crippen LogP contribution >= 0.6 is 0 Å². The van der Waals surface area contributed by atoms with Crippen LogP contribution in [0.3, 0.4) is 0 Å². The van der Waals surface area contributed by atoms with Gasteiger partial charge in [0.15, 0.2) is 5.82 Å². The van der Waals surface area contributed by atoms with Gasteiger partial charge in [-0.3, -0.25) is 0 Å². The van der Waals surface area contributed by atoms with Crippen molar-refractivity contribution in [2.75, 3.05) is 41.3 Å². The van der Waals surface area contributed by atoms with Crippen molar-refractivity contribution in [3.63, 3.8) is 0 Å². The molecule has 3 aromatic rings. The molecule has 1 aliphatic rings. The van der Waals surface area contributed by atoms with Crippen LogP contribution < -0.4 is 15.1 Å². The van der Waals surface area contributed by atoms with Gasteiger partial charge in [-0.05, 0) is 37.1 Å². The van der Waals surface area contributed by atoms with Gasteiger partial charge < -0.3 is 15.1 Å². The van der Waals surface area contributed by atoms with Gasteiger partial charge in [0, 0.05) is 31.9 Å². The Kier molecular flexibility index (Phi) is 5.37. The molecule has 1 unspecified atom stereocenters. The summed E-state index contributed by atoms with van der Waals surface area (Å²) < 4.78 is 0. The van der Waals surface area contributed by atoms with Crippen LogP contribution in [-0.4, -0.2) is 41.4 Å². The molecule has 6 heteroatoms. The Labute approximate surface area is 166 Å². The predicted octanol–water partition coefficient (Wildman–Crippen LogP) is 3.68. The lowest BCUT2D eigenvalue weighted by Crippen LogP contribution is -2.47. The molecule has 28 heavy (non-hydrogen) atoms. The average molecular weight is 374 g/mol. The SMILES string of the molecule is Cc1cccc(N2CCN(c3cnnc(NC(C)c4ccccc4)n3)CC2)c1. The molecule has 1 saturated heterocycles. The normalized spacial score (nSPS) is 15.4. The molecule has 1 N–H and O–H groups in total. The zero-order chi connectivity index (χ0) is 19.3. The van der Waals surface area contributed by atoms with E-state index in [9.17, 15) is 0 Å². The molecule has 0 spiro atoms. The molecular weight excluding hydrogens is 348 g/mol. The van der Waals surface area contributed by atoms with Gasteiger partial charge in [0.1, 0.15) is 0 Å². The van der Waals surface area contributed by atoms with Crippen LogP contribution in [0.15, 0.2) is 60.8 Å². The number of anilines is 3. The number of hydrogen-bond acceptors (Lipinski definition) is 6. The lowest BCUT2D eigenvalue weighted by Gasteiger charge is -2.36. The van der Waals surface area contributed by atoms with Gasteiger partial charge in [-0.2, -0.15) is 10.1 Å². The van der Waals surface area contributed by atoms with Crippen LogP contribution in [0.2, 0.25) is 0 Å². The highest BCUT2D eigenvalue weighted by atomic mass is 15.3. The fraction of sp³-hybridized carbons (Fsp3) is 0.318. The first kappa shape index (κ1) is 18.2. The van der Waals surface area contributed by atoms with Crippen LogP contribution in [0.5, 0.6) is 0 Å². The molecule has 6 nitrogen and oxygen atoms in total. The highest BCUT2D eigenvalue weighted by Crippen LogP contribution is 2.21. The topological polar surface area (TPSA) is 57.2 Å². The second-order valence-corrected chi connectivity index (χ2v) is 7.23. The van der Waals surface area contributed by atoms with Crippen molar-refractivity contribution in [2.45, 2.75) is 19.9 Å². The van der Waals surface area contributed by atoms with Crippen molar-refractivity contribution in [1.82, 2.24) is 15.2 Å². The predicted molar refractivity (Wildman–Crippen MR) is 114 cm³/mol. The fourth-order valence-corrected chi connectivity index (χ4v) is 3.55. The van der Waals surface area contributed by atoms with Gasteiger partial charge in [0.05, 0.1) is 12.2 Å². The number of benzene rings is 2. The summed E-state index contributed by atoms with van der Waals surface area (Å²) in [6.07, 6.45) is 1.75. The van der Waals surface area contributed by atoms with Gasteiger partial charge in [-0.15, -0.1) is 5.10 Å². The Balaban J connectivity index is 1.40. The van der Waals surface area contributed by atoms with E-state index in [1.54, 1.807) is 6.20 Å². The smallest absolute Gasteiger partial charge is 0.245 e. The lowest BCUT2D eigenvalue weighted by atomic mass is 10.1. The molecule has 4 rings (SSSR count). The van der Waals surface area contributed by atoms with Gasteiger partial charge in [-0.25, -0.2) is 0 Å². The summed E-state index contributed by atoms with van der Waals surface area (Å²) in [5, 5.41) is 11.7. The van der Waals surface area contributed by atoms with E-state index in [4.69, 9.17) is 4.98 Å². The highest BCUT2D eigenvalue weighted by Gasteiger charge is 2.19. The summed E-state index contributed by atoms with van der Waals surface area (Å²) in [6, 6.07) is 19.1. The highest BCUT2D eigenvalue weighted by molar-refractivity contribution is 5.51. The van der Waals surface area contributed by atoms with Gasteiger partial charge in [0.2, 0.25) is 5.95 Å². The van der Waals surface area contributed by atoms with Crippen molar-refractivity contribution >= 4 is 17.5 Å². The number of nitrogens with one attached hydrogen (secondary N) is 1. The number of aryl methyl sites for hydroxylation is 1. The molecule has 1 aromatic heterocycles. The quantitative estimate of drug-likeness (QED) is 0.735. The van der Waals surface area contributed by atoms with Crippen LogP contribution in [-0.2, 0) is 0 Å². The van der Waals surface area contributed by atoms with Crippen molar-refractivity contribution in [3.05, 3.63) is 71.9 Å². The average Bonchev–Trinajstić information content (AvgIpc) is 2.75. The zero-order valence-corrected chi connectivity index (χ0v) is 16.4. The molecule has 0 amide bonds. The second-order valence-electron chi connectivity index (χ2n) is 7.23. The molecule has 0 aliphatic carbocycles. The van der Waals surface area contributed by atoms with Crippen LogP contribution in [0.25, 0.3) is 0 Å². The Hall–Kier alpha value is -3.15. The minimum atomic E-state index is 0.122. The van der Waals surface area contributed by atoms with Crippen LogP contribution in [0, 0.1) is 6.92 Å². The summed E-state index contributed by atoms with van der Waals surface area (Å²) in [7, 11) is 0. The minimum absolute atomic E-state index is 0.122. The maximum atomic E-state index is 4.70. The fourth-order valence-electron chi connectivity index (χ4n) is 3.55. The summed E-state index contributed by atoms with van der Waals surface area (Å²) in [6.45, 7) is 8.01. The molecule has 1 aliphatic heterocycles. The van der Waals surface area contributed by atoms with E-state index in [0.29, 0.717) is 5.95 Å². The summed E-state index contributed by atoms with van der Waals surface area (Å²) in [4.78, 5) is 9.40. The standard InChI is InChI=1S/C22H26N6/c1-17-7-6-10-20(15-17)27-11-13-28(14-12-27)21-16-23-26-22(25-21)24-18(2)19-8-4-3-5-9-19/h3-10,15-16,18H,11-14H2,1-2H3,(H,24,25,26). The number of aromatic nitrogens is 3. The maximum Gasteiger partial charge on any atom is 0.245 e. The lowest BCUT2D eigenvalue weighted by molar-refractivity contribution is 0.644. The minimum Gasteiger partial charge on any atom is -0.368 e. The zero-order valence-electron chi connectivity index (χ0n) is 16.4. The van der Waals surface area contributed by atoms with Gasteiger partial charge >= 0.3 is 0 Å². The molecule has 0 radical (unpaired) electrons.